The maximum atomic E-state index is 12.9. The molecule has 8 nitrogen and oxygen atoms in total. The van der Waals surface area contributed by atoms with Crippen LogP contribution in [0.3, 0.4) is 0 Å². The molecule has 0 aromatic heterocycles. The SMILES string of the molecule is COCCOc1cccc(C(=O)NC(CC(=O)OC)c2ccc(OC)c(OC)c2)c1. The molecule has 0 saturated carbocycles. The second-order valence-corrected chi connectivity index (χ2v) is 6.29. The van der Waals surface area contributed by atoms with Crippen molar-refractivity contribution in [2.24, 2.45) is 0 Å². The zero-order valence-corrected chi connectivity index (χ0v) is 17.6. The quantitative estimate of drug-likeness (QED) is 0.444. The van der Waals surface area contributed by atoms with Crippen LogP contribution in [-0.2, 0) is 14.3 Å². The van der Waals surface area contributed by atoms with Gasteiger partial charge in [0.15, 0.2) is 11.5 Å². The third-order valence-corrected chi connectivity index (χ3v) is 4.37. The molecule has 0 bridgehead atoms. The summed E-state index contributed by atoms with van der Waals surface area (Å²) in [5.74, 6) is 0.788. The van der Waals surface area contributed by atoms with Crippen molar-refractivity contribution in [3.8, 4) is 17.2 Å². The second-order valence-electron chi connectivity index (χ2n) is 6.29. The van der Waals surface area contributed by atoms with Crippen molar-refractivity contribution in [3.05, 3.63) is 53.6 Å². The van der Waals surface area contributed by atoms with Crippen LogP contribution in [0.2, 0.25) is 0 Å². The molecular formula is C22H27NO7. The fourth-order valence-corrected chi connectivity index (χ4v) is 2.78. The summed E-state index contributed by atoms with van der Waals surface area (Å²) in [6.45, 7) is 0.815. The summed E-state index contributed by atoms with van der Waals surface area (Å²) in [6, 6.07) is 11.4. The van der Waals surface area contributed by atoms with E-state index in [9.17, 15) is 9.59 Å². The average molecular weight is 417 g/mol. The van der Waals surface area contributed by atoms with Crippen LogP contribution >= 0.6 is 0 Å². The van der Waals surface area contributed by atoms with Crippen LogP contribution in [0.15, 0.2) is 42.5 Å². The number of methoxy groups -OCH3 is 4. The van der Waals surface area contributed by atoms with Crippen molar-refractivity contribution in [1.82, 2.24) is 5.32 Å². The van der Waals surface area contributed by atoms with Gasteiger partial charge in [-0.2, -0.15) is 0 Å². The van der Waals surface area contributed by atoms with Gasteiger partial charge in [0.1, 0.15) is 12.4 Å². The Morgan fingerprint density at radius 3 is 2.37 bits per heavy atom. The highest BCUT2D eigenvalue weighted by Gasteiger charge is 2.21. The van der Waals surface area contributed by atoms with Gasteiger partial charge in [-0.25, -0.2) is 0 Å². The first-order valence-electron chi connectivity index (χ1n) is 9.33. The lowest BCUT2D eigenvalue weighted by Gasteiger charge is -2.20. The summed E-state index contributed by atoms with van der Waals surface area (Å²) in [4.78, 5) is 24.8. The third-order valence-electron chi connectivity index (χ3n) is 4.37. The lowest BCUT2D eigenvalue weighted by molar-refractivity contribution is -0.141. The van der Waals surface area contributed by atoms with E-state index >= 15 is 0 Å². The number of carbonyl (C=O) groups is 2. The lowest BCUT2D eigenvalue weighted by atomic mass is 10.0. The molecule has 30 heavy (non-hydrogen) atoms. The monoisotopic (exact) mass is 417 g/mol. The van der Waals surface area contributed by atoms with Crippen molar-refractivity contribution in [1.29, 1.82) is 0 Å². The Labute approximate surface area is 176 Å². The van der Waals surface area contributed by atoms with Crippen molar-refractivity contribution in [2.75, 3.05) is 41.7 Å². The van der Waals surface area contributed by atoms with Gasteiger partial charge >= 0.3 is 5.97 Å². The number of hydrogen-bond donors (Lipinski definition) is 1. The molecule has 0 aliphatic heterocycles. The summed E-state index contributed by atoms with van der Waals surface area (Å²) in [7, 11) is 5.94. The van der Waals surface area contributed by atoms with E-state index in [1.54, 1.807) is 49.6 Å². The van der Waals surface area contributed by atoms with E-state index in [2.05, 4.69) is 5.32 Å². The van der Waals surface area contributed by atoms with Crippen LogP contribution in [0.4, 0.5) is 0 Å². The second kappa shape index (κ2) is 11.7. The summed E-state index contributed by atoms with van der Waals surface area (Å²) < 4.78 is 25.9. The highest BCUT2D eigenvalue weighted by molar-refractivity contribution is 5.95. The zero-order valence-electron chi connectivity index (χ0n) is 17.6. The fraction of sp³-hybridized carbons (Fsp3) is 0.364. The highest BCUT2D eigenvalue weighted by Crippen LogP contribution is 2.31. The molecule has 0 saturated heterocycles. The van der Waals surface area contributed by atoms with Crippen molar-refractivity contribution in [2.45, 2.75) is 12.5 Å². The number of benzene rings is 2. The molecule has 8 heteroatoms. The first-order valence-corrected chi connectivity index (χ1v) is 9.33. The minimum atomic E-state index is -0.622. The smallest absolute Gasteiger partial charge is 0.307 e. The van der Waals surface area contributed by atoms with Crippen LogP contribution < -0.4 is 19.5 Å². The Bertz CT molecular complexity index is 853. The van der Waals surface area contributed by atoms with E-state index in [4.69, 9.17) is 23.7 Å². The largest absolute Gasteiger partial charge is 0.493 e. The molecule has 0 radical (unpaired) electrons. The van der Waals surface area contributed by atoms with Crippen LogP contribution in [0, 0.1) is 0 Å². The Kier molecular flexibility index (Phi) is 8.96. The van der Waals surface area contributed by atoms with Crippen LogP contribution in [0.25, 0.3) is 0 Å². The molecule has 0 aliphatic rings. The summed E-state index contributed by atoms with van der Waals surface area (Å²) in [5.41, 5.74) is 1.08. The van der Waals surface area contributed by atoms with Crippen molar-refractivity contribution >= 4 is 11.9 Å². The van der Waals surface area contributed by atoms with E-state index in [0.717, 1.165) is 0 Å². The van der Waals surface area contributed by atoms with Gasteiger partial charge in [-0.1, -0.05) is 12.1 Å². The summed E-state index contributed by atoms with van der Waals surface area (Å²) in [5, 5.41) is 2.88. The molecule has 2 aromatic rings. The first kappa shape index (κ1) is 23.0. The maximum Gasteiger partial charge on any atom is 0.307 e. The number of amides is 1. The van der Waals surface area contributed by atoms with E-state index in [0.29, 0.717) is 41.6 Å². The Morgan fingerprint density at radius 2 is 1.70 bits per heavy atom. The van der Waals surface area contributed by atoms with Crippen molar-refractivity contribution < 1.29 is 33.3 Å². The molecule has 162 valence electrons. The Hall–Kier alpha value is -3.26. The number of carbonyl (C=O) groups excluding carboxylic acids is 2. The minimum absolute atomic E-state index is 0.0399. The van der Waals surface area contributed by atoms with E-state index in [1.807, 2.05) is 0 Å². The van der Waals surface area contributed by atoms with E-state index < -0.39 is 12.0 Å². The number of esters is 1. The van der Waals surface area contributed by atoms with Gasteiger partial charge in [0.25, 0.3) is 5.91 Å². The zero-order chi connectivity index (χ0) is 21.9. The Morgan fingerprint density at radius 1 is 0.933 bits per heavy atom. The summed E-state index contributed by atoms with van der Waals surface area (Å²) >= 11 is 0. The average Bonchev–Trinajstić information content (AvgIpc) is 2.78. The molecule has 1 N–H and O–H groups in total. The van der Waals surface area contributed by atoms with Crippen LogP contribution in [0.5, 0.6) is 17.2 Å². The van der Waals surface area contributed by atoms with Gasteiger partial charge < -0.3 is 29.0 Å². The van der Waals surface area contributed by atoms with E-state index in [-0.39, 0.29) is 12.3 Å². The van der Waals surface area contributed by atoms with Crippen LogP contribution in [0.1, 0.15) is 28.4 Å². The molecule has 0 heterocycles. The lowest BCUT2D eigenvalue weighted by Crippen LogP contribution is -2.30. The molecular weight excluding hydrogens is 390 g/mol. The third kappa shape index (κ3) is 6.38. The normalized spacial score (nSPS) is 11.3. The number of rotatable bonds is 11. The van der Waals surface area contributed by atoms with Gasteiger partial charge in [-0.15, -0.1) is 0 Å². The van der Waals surface area contributed by atoms with Gasteiger partial charge in [-0.3, -0.25) is 9.59 Å². The molecule has 1 unspecified atom stereocenters. The maximum absolute atomic E-state index is 12.9. The van der Waals surface area contributed by atoms with Gasteiger partial charge in [-0.05, 0) is 35.9 Å². The number of hydrogen-bond acceptors (Lipinski definition) is 7. The number of ether oxygens (including phenoxy) is 5. The topological polar surface area (TPSA) is 92.3 Å². The fourth-order valence-electron chi connectivity index (χ4n) is 2.78. The van der Waals surface area contributed by atoms with Gasteiger partial charge in [0.2, 0.25) is 0 Å². The molecule has 0 aliphatic carbocycles. The minimum Gasteiger partial charge on any atom is -0.493 e. The Balaban J connectivity index is 2.23. The number of nitrogens with one attached hydrogen (secondary N) is 1. The van der Waals surface area contributed by atoms with Crippen LogP contribution in [-0.4, -0.2) is 53.5 Å². The highest BCUT2D eigenvalue weighted by atomic mass is 16.5. The standard InChI is InChI=1S/C22H27NO7/c1-26-10-11-30-17-7-5-6-16(12-17)22(25)23-18(14-21(24)29-4)15-8-9-19(27-2)20(13-15)28-3/h5-9,12-13,18H,10-11,14H2,1-4H3,(H,23,25). The van der Waals surface area contributed by atoms with Crippen molar-refractivity contribution in [3.63, 3.8) is 0 Å². The molecule has 2 aromatic carbocycles. The molecule has 2 rings (SSSR count). The van der Waals surface area contributed by atoms with Gasteiger partial charge in [0.05, 0.1) is 40.4 Å². The molecule has 0 fully saturated rings. The van der Waals surface area contributed by atoms with E-state index in [1.165, 1.54) is 21.3 Å². The predicted octanol–water partition coefficient (Wildman–Crippen LogP) is 2.76. The molecule has 1 amide bonds. The van der Waals surface area contributed by atoms with Gasteiger partial charge in [0, 0.05) is 12.7 Å². The summed E-state index contributed by atoms with van der Waals surface area (Å²) in [6.07, 6.45) is -0.0399. The molecule has 0 spiro atoms. The first-order chi connectivity index (χ1) is 14.5. The molecule has 1 atom stereocenters. The predicted molar refractivity (Wildman–Crippen MR) is 110 cm³/mol.